The van der Waals surface area contributed by atoms with E-state index >= 15 is 0 Å². The lowest BCUT2D eigenvalue weighted by Gasteiger charge is -2.07. The van der Waals surface area contributed by atoms with Crippen LogP contribution in [0, 0.1) is 0 Å². The molecule has 1 aliphatic carbocycles. The number of ketones is 1. The van der Waals surface area contributed by atoms with Gasteiger partial charge in [-0.1, -0.05) is 12.1 Å². The smallest absolute Gasteiger partial charge is 0.306 e. The molecule has 0 radical (unpaired) electrons. The maximum atomic E-state index is 12.2. The predicted molar refractivity (Wildman–Crippen MR) is 116 cm³/mol. The Bertz CT molecular complexity index is 982. The summed E-state index contributed by atoms with van der Waals surface area (Å²) in [5, 5.41) is 3.01. The van der Waals surface area contributed by atoms with Gasteiger partial charge < -0.3 is 15.8 Å². The minimum atomic E-state index is -0.636. The van der Waals surface area contributed by atoms with Crippen LogP contribution in [0.25, 0.3) is 0 Å². The lowest BCUT2D eigenvalue weighted by Crippen LogP contribution is -2.23. The van der Waals surface area contributed by atoms with Gasteiger partial charge in [-0.15, -0.1) is 23.1 Å². The first-order valence-electron chi connectivity index (χ1n) is 9.46. The maximum Gasteiger partial charge on any atom is 0.306 e. The number of anilines is 1. The molecule has 3 N–H and O–H groups in total. The predicted octanol–water partition coefficient (Wildman–Crippen LogP) is 3.20. The summed E-state index contributed by atoms with van der Waals surface area (Å²) in [5.41, 5.74) is 7.25. The number of nitrogens with two attached hydrogens (primary N) is 1. The topological polar surface area (TPSA) is 116 Å². The first-order chi connectivity index (χ1) is 14.4. The number of esters is 1. The fourth-order valence-electron chi connectivity index (χ4n) is 3.27. The first kappa shape index (κ1) is 22.0. The van der Waals surface area contributed by atoms with E-state index in [2.05, 4.69) is 5.32 Å². The van der Waals surface area contributed by atoms with Crippen molar-refractivity contribution in [2.45, 2.75) is 37.0 Å². The zero-order chi connectivity index (χ0) is 21.7. The molecule has 0 spiro atoms. The van der Waals surface area contributed by atoms with Crippen molar-refractivity contribution in [3.05, 3.63) is 45.8 Å². The Balaban J connectivity index is 1.46. The minimum absolute atomic E-state index is 0.00251. The Morgan fingerprint density at radius 3 is 2.53 bits per heavy atom. The highest BCUT2D eigenvalue weighted by atomic mass is 32.2. The number of aryl methyl sites for hydroxylation is 1. The summed E-state index contributed by atoms with van der Waals surface area (Å²) in [6, 6.07) is 7.14. The molecule has 0 fully saturated rings. The van der Waals surface area contributed by atoms with Gasteiger partial charge in [-0.05, 0) is 43.2 Å². The number of ether oxygens (including phenoxy) is 1. The van der Waals surface area contributed by atoms with Crippen LogP contribution in [0.4, 0.5) is 5.00 Å². The molecule has 9 heteroatoms. The molecule has 1 heterocycles. The van der Waals surface area contributed by atoms with Crippen molar-refractivity contribution in [3.63, 3.8) is 0 Å². The maximum absolute atomic E-state index is 12.2. The number of carbonyl (C=O) groups is 4. The van der Waals surface area contributed by atoms with Gasteiger partial charge in [0.1, 0.15) is 5.00 Å². The highest BCUT2D eigenvalue weighted by Crippen LogP contribution is 2.38. The van der Waals surface area contributed by atoms with Gasteiger partial charge in [-0.2, -0.15) is 0 Å². The Morgan fingerprint density at radius 1 is 1.13 bits per heavy atom. The Morgan fingerprint density at radius 2 is 1.87 bits per heavy atom. The summed E-state index contributed by atoms with van der Waals surface area (Å²) in [5.74, 6) is -1.93. The van der Waals surface area contributed by atoms with Crippen LogP contribution in [0.5, 0.6) is 0 Å². The van der Waals surface area contributed by atoms with E-state index in [9.17, 15) is 19.2 Å². The van der Waals surface area contributed by atoms with Gasteiger partial charge in [-0.25, -0.2) is 0 Å². The molecule has 0 bridgehead atoms. The van der Waals surface area contributed by atoms with Gasteiger partial charge in [-0.3, -0.25) is 19.2 Å². The number of thiophene rings is 1. The number of fused-ring (bicyclic) bond motifs is 1. The van der Waals surface area contributed by atoms with Gasteiger partial charge in [0.2, 0.25) is 0 Å². The lowest BCUT2D eigenvalue weighted by atomic mass is 10.1. The lowest BCUT2D eigenvalue weighted by molar-refractivity contribution is -0.147. The molecular formula is C21H22N2O5S2. The highest BCUT2D eigenvalue weighted by Gasteiger charge is 2.26. The molecule has 1 aromatic carbocycles. The molecule has 0 unspecified atom stereocenters. The van der Waals surface area contributed by atoms with Gasteiger partial charge in [0.15, 0.2) is 12.4 Å². The van der Waals surface area contributed by atoms with Crippen molar-refractivity contribution in [1.29, 1.82) is 0 Å². The van der Waals surface area contributed by atoms with Crippen LogP contribution >= 0.6 is 23.1 Å². The van der Waals surface area contributed by atoms with Crippen LogP contribution in [0.15, 0.2) is 29.2 Å². The number of Topliss-reactive ketones (excluding diaryl/α,β-unsaturated/α-hetero) is 1. The van der Waals surface area contributed by atoms with Crippen molar-refractivity contribution in [1.82, 2.24) is 0 Å². The number of nitrogens with one attached hydrogen (secondary N) is 1. The van der Waals surface area contributed by atoms with Crippen molar-refractivity contribution >= 4 is 51.7 Å². The molecule has 7 nitrogen and oxygen atoms in total. The van der Waals surface area contributed by atoms with E-state index in [4.69, 9.17) is 10.5 Å². The molecule has 2 aromatic rings. The molecule has 1 aromatic heterocycles. The largest absolute Gasteiger partial charge is 0.456 e. The number of hydrogen-bond donors (Lipinski definition) is 2. The van der Waals surface area contributed by atoms with Crippen LogP contribution in [0.2, 0.25) is 0 Å². The van der Waals surface area contributed by atoms with Gasteiger partial charge in [0.05, 0.1) is 12.0 Å². The van der Waals surface area contributed by atoms with E-state index in [0.29, 0.717) is 16.1 Å². The molecule has 0 saturated carbocycles. The SMILES string of the molecule is CSc1ccc(C(=O)CCC(=O)OCC(=O)Nc2sc3c(c2C(N)=O)CCC3)cc1. The quantitative estimate of drug-likeness (QED) is 0.347. The van der Waals surface area contributed by atoms with Gasteiger partial charge in [0, 0.05) is 21.8 Å². The van der Waals surface area contributed by atoms with E-state index in [1.165, 1.54) is 11.3 Å². The number of rotatable bonds is 9. The fraction of sp³-hybridized carbons (Fsp3) is 0.333. The van der Waals surface area contributed by atoms with Crippen LogP contribution in [-0.2, 0) is 27.2 Å². The average Bonchev–Trinajstić information content (AvgIpc) is 3.31. The number of amides is 2. The summed E-state index contributed by atoms with van der Waals surface area (Å²) >= 11 is 2.91. The monoisotopic (exact) mass is 446 g/mol. The second kappa shape index (κ2) is 9.90. The van der Waals surface area contributed by atoms with E-state index in [0.717, 1.165) is 34.6 Å². The molecule has 1 aliphatic rings. The third-order valence-electron chi connectivity index (χ3n) is 4.75. The van der Waals surface area contributed by atoms with Crippen LogP contribution in [-0.4, -0.2) is 36.4 Å². The molecular weight excluding hydrogens is 424 g/mol. The van der Waals surface area contributed by atoms with Crippen molar-refractivity contribution in [2.24, 2.45) is 5.73 Å². The Kier molecular flexibility index (Phi) is 7.28. The molecule has 0 aliphatic heterocycles. The molecule has 0 saturated heterocycles. The van der Waals surface area contributed by atoms with E-state index in [1.54, 1.807) is 23.9 Å². The normalized spacial score (nSPS) is 12.3. The van der Waals surface area contributed by atoms with Gasteiger partial charge in [0.25, 0.3) is 11.8 Å². The third-order valence-corrected chi connectivity index (χ3v) is 6.70. The third kappa shape index (κ3) is 5.28. The van der Waals surface area contributed by atoms with Crippen LogP contribution < -0.4 is 11.1 Å². The molecule has 30 heavy (non-hydrogen) atoms. The van der Waals surface area contributed by atoms with Crippen LogP contribution in [0.1, 0.15) is 50.4 Å². The van der Waals surface area contributed by atoms with Gasteiger partial charge >= 0.3 is 5.97 Å². The second-order valence-corrected chi connectivity index (χ2v) is 8.77. The first-order valence-corrected chi connectivity index (χ1v) is 11.5. The Labute approximate surface area is 182 Å². The summed E-state index contributed by atoms with van der Waals surface area (Å²) in [7, 11) is 0. The standard InChI is InChI=1S/C21H22N2O5S2/c1-29-13-7-5-12(6-8-13)15(24)9-10-18(26)28-11-17(25)23-21-19(20(22)27)14-3-2-4-16(14)30-21/h5-8H,2-4,9-11H2,1H3,(H2,22,27)(H,23,25). The molecule has 0 atom stereocenters. The number of carbonyl (C=O) groups excluding carboxylic acids is 4. The molecule has 2 amide bonds. The second-order valence-electron chi connectivity index (χ2n) is 6.79. The zero-order valence-corrected chi connectivity index (χ0v) is 18.1. The average molecular weight is 447 g/mol. The number of thioether (sulfide) groups is 1. The number of primary amides is 1. The summed E-state index contributed by atoms with van der Waals surface area (Å²) in [6.45, 7) is -0.490. The zero-order valence-electron chi connectivity index (χ0n) is 16.5. The number of hydrogen-bond acceptors (Lipinski definition) is 7. The number of benzene rings is 1. The minimum Gasteiger partial charge on any atom is -0.456 e. The summed E-state index contributed by atoms with van der Waals surface area (Å²) < 4.78 is 4.96. The van der Waals surface area contributed by atoms with E-state index in [1.807, 2.05) is 18.4 Å². The highest BCUT2D eigenvalue weighted by molar-refractivity contribution is 7.98. The Hall–Kier alpha value is -2.65. The molecule has 158 valence electrons. The van der Waals surface area contributed by atoms with Crippen molar-refractivity contribution < 1.29 is 23.9 Å². The van der Waals surface area contributed by atoms with Crippen LogP contribution in [0.3, 0.4) is 0 Å². The van der Waals surface area contributed by atoms with E-state index in [-0.39, 0.29) is 18.6 Å². The summed E-state index contributed by atoms with van der Waals surface area (Å²) in [4.78, 5) is 50.0. The van der Waals surface area contributed by atoms with Crippen molar-refractivity contribution in [2.75, 3.05) is 18.2 Å². The van der Waals surface area contributed by atoms with Crippen molar-refractivity contribution in [3.8, 4) is 0 Å². The van der Waals surface area contributed by atoms with E-state index < -0.39 is 24.4 Å². The summed E-state index contributed by atoms with van der Waals surface area (Å²) in [6.07, 6.45) is 4.43. The molecule has 3 rings (SSSR count). The fourth-order valence-corrected chi connectivity index (χ4v) is 4.99.